The molecule has 1 aromatic heterocycles. The molecule has 1 saturated carbocycles. The standard InChI is InChI=1S/C20H22N4O4/c25-18(14-3-2-9-23(12-14)19(26)13-6-7-13)21-15-4-1-5-16(11-15)24-10-8-17(22-24)20(27)28/h1,4-5,8,10-11,13-14H,2-3,6-7,9,12H2,(H,21,25)(H,27,28). The molecule has 8 heteroatoms. The second-order valence-electron chi connectivity index (χ2n) is 7.39. The molecule has 1 aliphatic carbocycles. The Kier molecular flexibility index (Phi) is 4.85. The summed E-state index contributed by atoms with van der Waals surface area (Å²) in [7, 11) is 0. The van der Waals surface area contributed by atoms with E-state index in [0.29, 0.717) is 17.9 Å². The number of carboxylic acids is 1. The summed E-state index contributed by atoms with van der Waals surface area (Å²) >= 11 is 0. The van der Waals surface area contributed by atoms with Crippen LogP contribution in [0.5, 0.6) is 0 Å². The van der Waals surface area contributed by atoms with Gasteiger partial charge >= 0.3 is 5.97 Å². The van der Waals surface area contributed by atoms with Gasteiger partial charge in [-0.15, -0.1) is 0 Å². The number of aromatic carboxylic acids is 1. The van der Waals surface area contributed by atoms with Gasteiger partial charge in [-0.1, -0.05) is 6.07 Å². The van der Waals surface area contributed by atoms with Crippen molar-refractivity contribution in [2.45, 2.75) is 25.7 Å². The van der Waals surface area contributed by atoms with Crippen molar-refractivity contribution >= 4 is 23.5 Å². The number of likely N-dealkylation sites (tertiary alicyclic amines) is 1. The molecular formula is C20H22N4O4. The predicted molar refractivity (Wildman–Crippen MR) is 101 cm³/mol. The van der Waals surface area contributed by atoms with Crippen molar-refractivity contribution in [3.8, 4) is 5.69 Å². The highest BCUT2D eigenvalue weighted by atomic mass is 16.4. The summed E-state index contributed by atoms with van der Waals surface area (Å²) < 4.78 is 1.45. The highest BCUT2D eigenvalue weighted by Crippen LogP contribution is 2.32. The lowest BCUT2D eigenvalue weighted by Gasteiger charge is -2.32. The van der Waals surface area contributed by atoms with Gasteiger partial charge in [0.05, 0.1) is 11.6 Å². The van der Waals surface area contributed by atoms with E-state index in [9.17, 15) is 14.4 Å². The zero-order valence-electron chi connectivity index (χ0n) is 15.4. The number of carboxylic acid groups (broad SMARTS) is 1. The number of hydrogen-bond donors (Lipinski definition) is 2. The minimum absolute atomic E-state index is 0.0444. The zero-order valence-corrected chi connectivity index (χ0v) is 15.4. The molecule has 4 rings (SSSR count). The summed E-state index contributed by atoms with van der Waals surface area (Å²) in [4.78, 5) is 37.8. The second kappa shape index (κ2) is 7.46. The van der Waals surface area contributed by atoms with Crippen molar-refractivity contribution in [2.24, 2.45) is 11.8 Å². The van der Waals surface area contributed by atoms with E-state index in [-0.39, 0.29) is 29.3 Å². The Morgan fingerprint density at radius 3 is 2.64 bits per heavy atom. The fourth-order valence-corrected chi connectivity index (χ4v) is 3.53. The monoisotopic (exact) mass is 382 g/mol. The van der Waals surface area contributed by atoms with E-state index in [1.54, 1.807) is 30.5 Å². The summed E-state index contributed by atoms with van der Waals surface area (Å²) in [5.41, 5.74) is 1.22. The molecule has 0 radical (unpaired) electrons. The molecular weight excluding hydrogens is 360 g/mol. The third kappa shape index (κ3) is 3.90. The minimum Gasteiger partial charge on any atom is -0.476 e. The van der Waals surface area contributed by atoms with Gasteiger partial charge in [0.25, 0.3) is 0 Å². The first-order valence-corrected chi connectivity index (χ1v) is 9.50. The lowest BCUT2D eigenvalue weighted by molar-refractivity contribution is -0.135. The number of carbonyl (C=O) groups excluding carboxylic acids is 2. The fourth-order valence-electron chi connectivity index (χ4n) is 3.53. The molecule has 1 saturated heterocycles. The minimum atomic E-state index is -1.09. The zero-order chi connectivity index (χ0) is 19.7. The molecule has 2 aromatic rings. The number of carbonyl (C=O) groups is 3. The first kappa shape index (κ1) is 18.2. The van der Waals surface area contributed by atoms with Gasteiger partial charge in [-0.3, -0.25) is 9.59 Å². The van der Waals surface area contributed by atoms with Crippen molar-refractivity contribution in [2.75, 3.05) is 18.4 Å². The van der Waals surface area contributed by atoms with E-state index in [4.69, 9.17) is 5.11 Å². The third-order valence-corrected chi connectivity index (χ3v) is 5.22. The smallest absolute Gasteiger partial charge is 0.356 e. The molecule has 2 fully saturated rings. The Balaban J connectivity index is 1.42. The van der Waals surface area contributed by atoms with E-state index >= 15 is 0 Å². The van der Waals surface area contributed by atoms with E-state index in [1.807, 2.05) is 4.90 Å². The van der Waals surface area contributed by atoms with Crippen molar-refractivity contribution in [1.82, 2.24) is 14.7 Å². The maximum absolute atomic E-state index is 12.7. The van der Waals surface area contributed by atoms with Crippen LogP contribution in [0.15, 0.2) is 36.5 Å². The van der Waals surface area contributed by atoms with Crippen LogP contribution >= 0.6 is 0 Å². The number of nitrogens with zero attached hydrogens (tertiary/aromatic N) is 3. The van der Waals surface area contributed by atoms with Crippen LogP contribution in [0.1, 0.15) is 36.2 Å². The molecule has 1 unspecified atom stereocenters. The first-order valence-electron chi connectivity index (χ1n) is 9.50. The number of amides is 2. The molecule has 0 spiro atoms. The Morgan fingerprint density at radius 2 is 1.93 bits per heavy atom. The van der Waals surface area contributed by atoms with Gasteiger partial charge in [-0.25, -0.2) is 9.48 Å². The highest BCUT2D eigenvalue weighted by Gasteiger charge is 2.36. The van der Waals surface area contributed by atoms with Crippen molar-refractivity contribution in [1.29, 1.82) is 0 Å². The number of aromatic nitrogens is 2. The van der Waals surface area contributed by atoms with Gasteiger partial charge < -0.3 is 15.3 Å². The predicted octanol–water partition coefficient (Wildman–Crippen LogP) is 2.16. The second-order valence-corrected chi connectivity index (χ2v) is 7.39. The molecule has 1 atom stereocenters. The lowest BCUT2D eigenvalue weighted by atomic mass is 9.96. The van der Waals surface area contributed by atoms with Crippen molar-refractivity contribution in [3.63, 3.8) is 0 Å². The largest absolute Gasteiger partial charge is 0.476 e. The molecule has 0 bridgehead atoms. The summed E-state index contributed by atoms with van der Waals surface area (Å²) in [6.45, 7) is 1.21. The quantitative estimate of drug-likeness (QED) is 0.825. The molecule has 2 N–H and O–H groups in total. The van der Waals surface area contributed by atoms with Crippen molar-refractivity contribution < 1.29 is 19.5 Å². The van der Waals surface area contributed by atoms with Crippen LogP contribution in [-0.4, -0.2) is 50.7 Å². The lowest BCUT2D eigenvalue weighted by Crippen LogP contribution is -2.44. The SMILES string of the molecule is O=C(O)c1ccn(-c2cccc(NC(=O)C3CCCN(C(=O)C4CC4)C3)c2)n1. The number of hydrogen-bond acceptors (Lipinski definition) is 4. The van der Waals surface area contributed by atoms with Gasteiger partial charge in [0, 0.05) is 30.9 Å². The summed E-state index contributed by atoms with van der Waals surface area (Å²) in [6, 6.07) is 8.49. The average molecular weight is 382 g/mol. The molecule has 8 nitrogen and oxygen atoms in total. The van der Waals surface area contributed by atoms with Crippen LogP contribution < -0.4 is 5.32 Å². The third-order valence-electron chi connectivity index (χ3n) is 5.22. The van der Waals surface area contributed by atoms with Gasteiger partial charge in [0.2, 0.25) is 11.8 Å². The topological polar surface area (TPSA) is 105 Å². The van der Waals surface area contributed by atoms with Crippen molar-refractivity contribution in [3.05, 3.63) is 42.2 Å². The van der Waals surface area contributed by atoms with E-state index in [1.165, 1.54) is 10.7 Å². The van der Waals surface area contributed by atoms with Gasteiger partial charge in [-0.2, -0.15) is 5.10 Å². The maximum atomic E-state index is 12.7. The number of rotatable bonds is 5. The Morgan fingerprint density at radius 1 is 1.11 bits per heavy atom. The van der Waals surface area contributed by atoms with Crippen LogP contribution in [-0.2, 0) is 9.59 Å². The number of anilines is 1. The van der Waals surface area contributed by atoms with Crippen LogP contribution in [0, 0.1) is 11.8 Å². The normalized spacial score (nSPS) is 19.3. The van der Waals surface area contributed by atoms with E-state index in [2.05, 4.69) is 10.4 Å². The van der Waals surface area contributed by atoms with Crippen LogP contribution in [0.25, 0.3) is 5.69 Å². The van der Waals surface area contributed by atoms with Crippen LogP contribution in [0.2, 0.25) is 0 Å². The van der Waals surface area contributed by atoms with Gasteiger partial charge in [0.15, 0.2) is 5.69 Å². The van der Waals surface area contributed by atoms with Crippen LogP contribution in [0.4, 0.5) is 5.69 Å². The van der Waals surface area contributed by atoms with Gasteiger partial charge in [-0.05, 0) is 49.9 Å². The molecule has 28 heavy (non-hydrogen) atoms. The molecule has 1 aromatic carbocycles. The molecule has 146 valence electrons. The van der Waals surface area contributed by atoms with Crippen LogP contribution in [0.3, 0.4) is 0 Å². The van der Waals surface area contributed by atoms with E-state index in [0.717, 1.165) is 32.2 Å². The maximum Gasteiger partial charge on any atom is 0.356 e. The van der Waals surface area contributed by atoms with Gasteiger partial charge in [0.1, 0.15) is 0 Å². The summed E-state index contributed by atoms with van der Waals surface area (Å²) in [6.07, 6.45) is 5.10. The molecule has 2 aliphatic rings. The summed E-state index contributed by atoms with van der Waals surface area (Å²) in [5.74, 6) is -1.05. The van der Waals surface area contributed by atoms with E-state index < -0.39 is 5.97 Å². The molecule has 1 aliphatic heterocycles. The first-order chi connectivity index (χ1) is 13.5. The fraction of sp³-hybridized carbons (Fsp3) is 0.400. The Hall–Kier alpha value is -3.16. The Bertz CT molecular complexity index is 918. The molecule has 2 heterocycles. The number of nitrogens with one attached hydrogen (secondary N) is 1. The number of piperidine rings is 1. The molecule has 2 amide bonds. The number of benzene rings is 1. The summed E-state index contributed by atoms with van der Waals surface area (Å²) in [5, 5.41) is 15.9. The average Bonchev–Trinajstić information content (AvgIpc) is 3.43. The Labute approximate surface area is 162 Å². The highest BCUT2D eigenvalue weighted by molar-refractivity contribution is 5.93.